The number of halogens is 2. The van der Waals surface area contributed by atoms with Crippen LogP contribution in [0.2, 0.25) is 0 Å². The minimum Gasteiger partial charge on any atom is -0.489 e. The van der Waals surface area contributed by atoms with Gasteiger partial charge in [0.05, 0.1) is 17.7 Å². The van der Waals surface area contributed by atoms with Gasteiger partial charge < -0.3 is 15.2 Å². The molecule has 116 valence electrons. The standard InChI is InChI=1S/C15H19BrFNO3/c1-2-20-14(19)15(4-3-5-15)10-8-11(16)13(18)12(9-10)21-7-6-17/h8-9H,2-7,18H2,1H3. The lowest BCUT2D eigenvalue weighted by molar-refractivity contribution is -0.153. The SMILES string of the molecule is CCOC(=O)C1(c2cc(Br)c(N)c(OCCF)c2)CCC1. The minimum absolute atomic E-state index is 0.0630. The smallest absolute Gasteiger partial charge is 0.316 e. The highest BCUT2D eigenvalue weighted by Gasteiger charge is 2.47. The molecular formula is C15H19BrFNO3. The lowest BCUT2D eigenvalue weighted by atomic mass is 9.64. The van der Waals surface area contributed by atoms with Crippen LogP contribution < -0.4 is 10.5 Å². The molecule has 0 heterocycles. The Morgan fingerprint density at radius 2 is 2.19 bits per heavy atom. The van der Waals surface area contributed by atoms with Gasteiger partial charge in [-0.25, -0.2) is 4.39 Å². The number of ether oxygens (including phenoxy) is 2. The normalized spacial score (nSPS) is 16.1. The number of carbonyl (C=O) groups is 1. The Bertz CT molecular complexity index is 532. The van der Waals surface area contributed by atoms with E-state index in [-0.39, 0.29) is 12.6 Å². The largest absolute Gasteiger partial charge is 0.489 e. The van der Waals surface area contributed by atoms with Crippen LogP contribution in [0.3, 0.4) is 0 Å². The summed E-state index contributed by atoms with van der Waals surface area (Å²) in [6.07, 6.45) is 2.46. The van der Waals surface area contributed by atoms with E-state index >= 15 is 0 Å². The highest BCUT2D eigenvalue weighted by Crippen LogP contribution is 2.47. The molecular weight excluding hydrogens is 341 g/mol. The monoisotopic (exact) mass is 359 g/mol. The number of benzene rings is 1. The van der Waals surface area contributed by atoms with Crippen molar-refractivity contribution in [2.45, 2.75) is 31.6 Å². The molecule has 1 saturated carbocycles. The predicted molar refractivity (Wildman–Crippen MR) is 82.2 cm³/mol. The maximum absolute atomic E-state index is 12.3. The van der Waals surface area contributed by atoms with Crippen molar-refractivity contribution in [1.82, 2.24) is 0 Å². The van der Waals surface area contributed by atoms with Crippen molar-refractivity contribution in [2.24, 2.45) is 0 Å². The highest BCUT2D eigenvalue weighted by molar-refractivity contribution is 9.10. The number of hydrogen-bond donors (Lipinski definition) is 1. The van der Waals surface area contributed by atoms with Gasteiger partial charge in [0.25, 0.3) is 0 Å². The van der Waals surface area contributed by atoms with Crippen LogP contribution in [0.5, 0.6) is 5.75 Å². The third kappa shape index (κ3) is 3.00. The van der Waals surface area contributed by atoms with E-state index in [0.717, 1.165) is 24.8 Å². The molecule has 0 radical (unpaired) electrons. The Labute approximate surface area is 131 Å². The third-order valence-electron chi connectivity index (χ3n) is 3.85. The highest BCUT2D eigenvalue weighted by atomic mass is 79.9. The summed E-state index contributed by atoms with van der Waals surface area (Å²) in [6.45, 7) is 1.48. The summed E-state index contributed by atoms with van der Waals surface area (Å²) in [5.41, 5.74) is 6.51. The predicted octanol–water partition coefficient (Wildman–Crippen LogP) is 3.36. The molecule has 1 aliphatic rings. The van der Waals surface area contributed by atoms with Crippen molar-refractivity contribution in [3.63, 3.8) is 0 Å². The molecule has 0 aromatic heterocycles. The van der Waals surface area contributed by atoms with Gasteiger partial charge in [0, 0.05) is 4.47 Å². The van der Waals surface area contributed by atoms with Crippen molar-refractivity contribution >= 4 is 27.6 Å². The molecule has 0 atom stereocenters. The van der Waals surface area contributed by atoms with Crippen molar-refractivity contribution < 1.29 is 18.7 Å². The number of rotatable bonds is 6. The fraction of sp³-hybridized carbons (Fsp3) is 0.533. The van der Waals surface area contributed by atoms with E-state index in [2.05, 4.69) is 15.9 Å². The van der Waals surface area contributed by atoms with Crippen molar-refractivity contribution in [3.05, 3.63) is 22.2 Å². The second-order valence-corrected chi connectivity index (χ2v) is 5.92. The Hall–Kier alpha value is -1.30. The van der Waals surface area contributed by atoms with Crippen LogP contribution in [0, 0.1) is 0 Å². The molecule has 21 heavy (non-hydrogen) atoms. The number of hydrogen-bond acceptors (Lipinski definition) is 4. The number of esters is 1. The van der Waals surface area contributed by atoms with Crippen LogP contribution in [0.1, 0.15) is 31.7 Å². The molecule has 1 aromatic carbocycles. The van der Waals surface area contributed by atoms with Gasteiger partial charge in [-0.05, 0) is 53.4 Å². The fourth-order valence-corrected chi connectivity index (χ4v) is 2.99. The second kappa shape index (κ2) is 6.64. The van der Waals surface area contributed by atoms with Gasteiger partial charge in [-0.1, -0.05) is 6.42 Å². The average Bonchev–Trinajstić information content (AvgIpc) is 2.40. The Balaban J connectivity index is 2.38. The first-order chi connectivity index (χ1) is 10.0. The van der Waals surface area contributed by atoms with E-state index in [1.165, 1.54) is 0 Å². The molecule has 2 rings (SSSR count). The number of nitrogen functional groups attached to an aromatic ring is 1. The number of alkyl halides is 1. The van der Waals surface area contributed by atoms with Gasteiger partial charge in [0.15, 0.2) is 0 Å². The van der Waals surface area contributed by atoms with Crippen LogP contribution in [-0.4, -0.2) is 25.9 Å². The van der Waals surface area contributed by atoms with Crippen LogP contribution in [-0.2, 0) is 14.9 Å². The molecule has 1 fully saturated rings. The first-order valence-electron chi connectivity index (χ1n) is 7.00. The molecule has 2 N–H and O–H groups in total. The minimum atomic E-state index is -0.625. The summed E-state index contributed by atoms with van der Waals surface area (Å²) >= 11 is 3.37. The van der Waals surface area contributed by atoms with E-state index in [4.69, 9.17) is 15.2 Å². The van der Waals surface area contributed by atoms with Crippen LogP contribution >= 0.6 is 15.9 Å². The summed E-state index contributed by atoms with van der Waals surface area (Å²) in [5, 5.41) is 0. The fourth-order valence-electron chi connectivity index (χ4n) is 2.55. The van der Waals surface area contributed by atoms with Crippen LogP contribution in [0.4, 0.5) is 10.1 Å². The topological polar surface area (TPSA) is 61.5 Å². The van der Waals surface area contributed by atoms with Gasteiger partial charge in [0.2, 0.25) is 0 Å². The van der Waals surface area contributed by atoms with E-state index in [1.807, 2.05) is 6.07 Å². The molecule has 0 spiro atoms. The summed E-state index contributed by atoms with van der Waals surface area (Å²) in [7, 11) is 0. The first kappa shape index (κ1) is 16.1. The van der Waals surface area contributed by atoms with Crippen molar-refractivity contribution in [1.29, 1.82) is 0 Å². The van der Waals surface area contributed by atoms with Crippen LogP contribution in [0.25, 0.3) is 0 Å². The van der Waals surface area contributed by atoms with Gasteiger partial charge in [-0.3, -0.25) is 4.79 Å². The molecule has 0 amide bonds. The van der Waals surface area contributed by atoms with E-state index in [9.17, 15) is 9.18 Å². The number of anilines is 1. The summed E-state index contributed by atoms with van der Waals surface area (Å²) in [4.78, 5) is 12.3. The Morgan fingerprint density at radius 3 is 2.71 bits per heavy atom. The molecule has 1 aromatic rings. The van der Waals surface area contributed by atoms with E-state index in [1.54, 1.807) is 13.0 Å². The van der Waals surface area contributed by atoms with Crippen molar-refractivity contribution in [3.8, 4) is 5.75 Å². The van der Waals surface area contributed by atoms with Crippen molar-refractivity contribution in [2.75, 3.05) is 25.6 Å². The maximum Gasteiger partial charge on any atom is 0.316 e. The maximum atomic E-state index is 12.3. The molecule has 0 unspecified atom stereocenters. The molecule has 4 nitrogen and oxygen atoms in total. The zero-order valence-electron chi connectivity index (χ0n) is 12.0. The van der Waals surface area contributed by atoms with Gasteiger partial charge in [0.1, 0.15) is 19.0 Å². The summed E-state index contributed by atoms with van der Waals surface area (Å²) in [5.74, 6) is 0.178. The molecule has 6 heteroatoms. The number of nitrogens with two attached hydrogens (primary N) is 1. The Kier molecular flexibility index (Phi) is 5.08. The van der Waals surface area contributed by atoms with Crippen LogP contribution in [0.15, 0.2) is 16.6 Å². The molecule has 1 aliphatic carbocycles. The van der Waals surface area contributed by atoms with Gasteiger partial charge >= 0.3 is 5.97 Å². The molecule has 0 bridgehead atoms. The summed E-state index contributed by atoms with van der Waals surface area (Å²) < 4.78 is 23.5. The summed E-state index contributed by atoms with van der Waals surface area (Å²) in [6, 6.07) is 3.56. The van der Waals surface area contributed by atoms with E-state index < -0.39 is 12.1 Å². The quantitative estimate of drug-likeness (QED) is 0.624. The van der Waals surface area contributed by atoms with E-state index in [0.29, 0.717) is 22.5 Å². The van der Waals surface area contributed by atoms with Gasteiger partial charge in [-0.15, -0.1) is 0 Å². The lowest BCUT2D eigenvalue weighted by Crippen LogP contribution is -2.43. The zero-order valence-corrected chi connectivity index (χ0v) is 13.5. The lowest BCUT2D eigenvalue weighted by Gasteiger charge is -2.40. The average molecular weight is 360 g/mol. The third-order valence-corrected chi connectivity index (χ3v) is 4.51. The Morgan fingerprint density at radius 1 is 1.48 bits per heavy atom. The molecule has 0 aliphatic heterocycles. The molecule has 0 saturated heterocycles. The zero-order chi connectivity index (χ0) is 15.5. The van der Waals surface area contributed by atoms with Gasteiger partial charge in [-0.2, -0.15) is 0 Å². The first-order valence-corrected chi connectivity index (χ1v) is 7.80. The second-order valence-electron chi connectivity index (χ2n) is 5.06. The number of carbonyl (C=O) groups excluding carboxylic acids is 1.